The van der Waals surface area contributed by atoms with Gasteiger partial charge in [-0.05, 0) is 38.5 Å². The van der Waals surface area contributed by atoms with Gasteiger partial charge in [0, 0.05) is 16.5 Å². The summed E-state index contributed by atoms with van der Waals surface area (Å²) in [5, 5.41) is 0.564. The third-order valence-corrected chi connectivity index (χ3v) is 5.14. The van der Waals surface area contributed by atoms with Crippen molar-refractivity contribution in [3.8, 4) is 0 Å². The molecular formula is C19H17FN2O3S. The molecule has 5 nitrogen and oxygen atoms in total. The molecule has 26 heavy (non-hydrogen) atoms. The van der Waals surface area contributed by atoms with Crippen LogP contribution in [0, 0.1) is 19.7 Å². The van der Waals surface area contributed by atoms with Gasteiger partial charge in [0.2, 0.25) is 0 Å². The van der Waals surface area contributed by atoms with E-state index in [4.69, 9.17) is 4.74 Å². The van der Waals surface area contributed by atoms with Crippen molar-refractivity contribution in [1.82, 2.24) is 9.97 Å². The van der Waals surface area contributed by atoms with Crippen LogP contribution in [-0.2, 0) is 9.53 Å². The summed E-state index contributed by atoms with van der Waals surface area (Å²) in [6, 6.07) is 6.10. The predicted octanol–water partition coefficient (Wildman–Crippen LogP) is 4.06. The lowest BCUT2D eigenvalue weighted by Gasteiger charge is -2.11. The molecule has 0 saturated carbocycles. The van der Waals surface area contributed by atoms with E-state index in [0.717, 1.165) is 16.5 Å². The van der Waals surface area contributed by atoms with Crippen molar-refractivity contribution in [2.24, 2.45) is 0 Å². The average Bonchev–Trinajstić information content (AvgIpc) is 2.88. The summed E-state index contributed by atoms with van der Waals surface area (Å²) in [6.07, 6.45) is 1.74. The van der Waals surface area contributed by atoms with Gasteiger partial charge < -0.3 is 9.72 Å². The van der Waals surface area contributed by atoms with Crippen LogP contribution in [0.3, 0.4) is 0 Å². The molecule has 0 aliphatic rings. The summed E-state index contributed by atoms with van der Waals surface area (Å²) in [7, 11) is 0. The second kappa shape index (κ2) is 7.21. The van der Waals surface area contributed by atoms with Gasteiger partial charge in [-0.1, -0.05) is 18.2 Å². The van der Waals surface area contributed by atoms with E-state index in [-0.39, 0.29) is 16.9 Å². The smallest absolute Gasteiger partial charge is 0.331 e. The van der Waals surface area contributed by atoms with E-state index in [2.05, 4.69) is 9.97 Å². The maximum Gasteiger partial charge on any atom is 0.331 e. The lowest BCUT2D eigenvalue weighted by atomic mass is 10.2. The highest BCUT2D eigenvalue weighted by Gasteiger charge is 2.17. The Morgan fingerprint density at radius 2 is 2.08 bits per heavy atom. The number of hydrogen-bond acceptors (Lipinski definition) is 5. The van der Waals surface area contributed by atoms with Crippen molar-refractivity contribution in [3.63, 3.8) is 0 Å². The first kappa shape index (κ1) is 18.0. The molecule has 0 radical (unpaired) electrons. The number of esters is 1. The highest BCUT2D eigenvalue weighted by Crippen LogP contribution is 2.26. The van der Waals surface area contributed by atoms with E-state index in [1.54, 1.807) is 25.1 Å². The molecule has 1 unspecified atom stereocenters. The lowest BCUT2D eigenvalue weighted by Crippen LogP contribution is -2.16. The second-order valence-corrected chi connectivity index (χ2v) is 7.05. The Kier molecular flexibility index (Phi) is 4.99. The summed E-state index contributed by atoms with van der Waals surface area (Å²) in [5.74, 6) is -0.803. The summed E-state index contributed by atoms with van der Waals surface area (Å²) in [5.41, 5.74) is 0.939. The van der Waals surface area contributed by atoms with Gasteiger partial charge in [0.05, 0.1) is 5.39 Å². The number of carbonyl (C=O) groups is 1. The zero-order chi connectivity index (χ0) is 18.8. The number of H-pyrrole nitrogens is 1. The molecule has 0 spiro atoms. The highest BCUT2D eigenvalue weighted by molar-refractivity contribution is 7.18. The Balaban J connectivity index is 1.78. The SMILES string of the molecule is Cc1sc2nc(C(C)OC(=O)/C=C/c3ccccc3F)[nH]c(=O)c2c1C. The quantitative estimate of drug-likeness (QED) is 0.554. The van der Waals surface area contributed by atoms with Gasteiger partial charge in [-0.15, -0.1) is 11.3 Å². The van der Waals surface area contributed by atoms with Gasteiger partial charge in [0.25, 0.3) is 5.56 Å². The van der Waals surface area contributed by atoms with E-state index in [0.29, 0.717) is 10.2 Å². The normalized spacial score (nSPS) is 12.6. The Bertz CT molecular complexity index is 1070. The first-order valence-corrected chi connectivity index (χ1v) is 8.81. The van der Waals surface area contributed by atoms with Crippen LogP contribution in [0.5, 0.6) is 0 Å². The number of nitrogens with one attached hydrogen (secondary N) is 1. The van der Waals surface area contributed by atoms with Crippen molar-refractivity contribution >= 4 is 33.6 Å². The molecule has 0 amide bonds. The molecule has 1 aromatic carbocycles. The van der Waals surface area contributed by atoms with Crippen molar-refractivity contribution in [1.29, 1.82) is 0 Å². The number of rotatable bonds is 4. The minimum atomic E-state index is -0.743. The Hall–Kier alpha value is -2.80. The molecule has 0 fully saturated rings. The van der Waals surface area contributed by atoms with E-state index in [1.165, 1.54) is 23.5 Å². The summed E-state index contributed by atoms with van der Waals surface area (Å²) < 4.78 is 18.8. The van der Waals surface area contributed by atoms with Crippen LogP contribution in [0.2, 0.25) is 0 Å². The van der Waals surface area contributed by atoms with E-state index >= 15 is 0 Å². The fourth-order valence-corrected chi connectivity index (χ4v) is 3.54. The summed E-state index contributed by atoms with van der Waals surface area (Å²) >= 11 is 1.43. The highest BCUT2D eigenvalue weighted by atomic mass is 32.1. The number of aryl methyl sites for hydroxylation is 2. The number of thiophene rings is 1. The maximum absolute atomic E-state index is 13.5. The Labute approximate surface area is 153 Å². The fourth-order valence-electron chi connectivity index (χ4n) is 2.50. The molecule has 2 aromatic heterocycles. The number of halogens is 1. The van der Waals surface area contributed by atoms with Crippen LogP contribution in [-0.4, -0.2) is 15.9 Å². The molecule has 0 aliphatic heterocycles. The number of aromatic nitrogens is 2. The zero-order valence-corrected chi connectivity index (χ0v) is 15.3. The average molecular weight is 372 g/mol. The largest absolute Gasteiger partial charge is 0.451 e. The number of benzene rings is 1. The van der Waals surface area contributed by atoms with Crippen LogP contribution >= 0.6 is 11.3 Å². The number of nitrogens with zero attached hydrogens (tertiary/aromatic N) is 1. The second-order valence-electron chi connectivity index (χ2n) is 5.85. The number of fused-ring (bicyclic) bond motifs is 1. The molecule has 2 heterocycles. The van der Waals surface area contributed by atoms with Gasteiger partial charge in [-0.2, -0.15) is 0 Å². The predicted molar refractivity (Wildman–Crippen MR) is 99.7 cm³/mol. The van der Waals surface area contributed by atoms with Gasteiger partial charge in [0.15, 0.2) is 11.9 Å². The van der Waals surface area contributed by atoms with Crippen molar-refractivity contribution in [3.05, 3.63) is 68.3 Å². The van der Waals surface area contributed by atoms with Gasteiger partial charge >= 0.3 is 5.97 Å². The van der Waals surface area contributed by atoms with Gasteiger partial charge in [-0.3, -0.25) is 4.79 Å². The minimum Gasteiger partial charge on any atom is -0.451 e. The molecule has 0 saturated heterocycles. The van der Waals surface area contributed by atoms with Gasteiger partial charge in [-0.25, -0.2) is 14.2 Å². The molecule has 0 aliphatic carbocycles. The van der Waals surface area contributed by atoms with E-state index in [9.17, 15) is 14.0 Å². The zero-order valence-electron chi connectivity index (χ0n) is 14.5. The molecular weight excluding hydrogens is 355 g/mol. The van der Waals surface area contributed by atoms with Crippen LogP contribution in [0.1, 0.15) is 34.9 Å². The number of hydrogen-bond donors (Lipinski definition) is 1. The minimum absolute atomic E-state index is 0.253. The van der Waals surface area contributed by atoms with Crippen LogP contribution in [0.15, 0.2) is 35.1 Å². The standard InChI is InChI=1S/C19H17FN2O3S/c1-10-12(3)26-19-16(10)18(24)21-17(22-19)11(2)25-15(23)9-8-13-6-4-5-7-14(13)20/h4-9,11H,1-3H3,(H,21,22,24)/b9-8+. The molecule has 7 heteroatoms. The van der Waals surface area contributed by atoms with Crippen LogP contribution < -0.4 is 5.56 Å². The molecule has 3 rings (SSSR count). The lowest BCUT2D eigenvalue weighted by molar-refractivity contribution is -0.142. The Morgan fingerprint density at radius 1 is 1.35 bits per heavy atom. The fraction of sp³-hybridized carbons (Fsp3) is 0.211. The van der Waals surface area contributed by atoms with Crippen LogP contribution in [0.4, 0.5) is 4.39 Å². The first-order chi connectivity index (χ1) is 12.4. The van der Waals surface area contributed by atoms with Crippen LogP contribution in [0.25, 0.3) is 16.3 Å². The van der Waals surface area contributed by atoms with E-state index in [1.807, 2.05) is 13.8 Å². The van der Waals surface area contributed by atoms with Crippen molar-refractivity contribution in [2.45, 2.75) is 26.9 Å². The number of ether oxygens (including phenoxy) is 1. The molecule has 1 N–H and O–H groups in total. The van der Waals surface area contributed by atoms with E-state index < -0.39 is 17.9 Å². The monoisotopic (exact) mass is 372 g/mol. The number of aromatic amines is 1. The first-order valence-electron chi connectivity index (χ1n) is 8.00. The van der Waals surface area contributed by atoms with Crippen molar-refractivity contribution in [2.75, 3.05) is 0 Å². The topological polar surface area (TPSA) is 72.0 Å². The molecule has 1 atom stereocenters. The third-order valence-electron chi connectivity index (χ3n) is 4.04. The molecule has 0 bridgehead atoms. The Morgan fingerprint density at radius 3 is 2.81 bits per heavy atom. The summed E-state index contributed by atoms with van der Waals surface area (Å²) in [4.78, 5) is 33.0. The van der Waals surface area contributed by atoms with Crippen molar-refractivity contribution < 1.29 is 13.9 Å². The summed E-state index contributed by atoms with van der Waals surface area (Å²) in [6.45, 7) is 5.42. The van der Waals surface area contributed by atoms with Gasteiger partial charge in [0.1, 0.15) is 10.6 Å². The maximum atomic E-state index is 13.5. The number of carbonyl (C=O) groups excluding carboxylic acids is 1. The molecule has 3 aromatic rings. The molecule has 134 valence electrons. The third kappa shape index (κ3) is 3.57.